The average Bonchev–Trinajstić information content (AvgIpc) is 2.58. The van der Waals surface area contributed by atoms with Crippen LogP contribution in [-0.2, 0) is 10.0 Å². The van der Waals surface area contributed by atoms with E-state index in [1.165, 1.54) is 36.5 Å². The Hall–Kier alpha value is -2.71. The number of aromatic nitrogens is 1. The second kappa shape index (κ2) is 6.54. The van der Waals surface area contributed by atoms with Crippen LogP contribution in [0.25, 0.3) is 22.4 Å². The summed E-state index contributed by atoms with van der Waals surface area (Å²) in [6.45, 7) is 1.57. The minimum atomic E-state index is -4.40. The minimum absolute atomic E-state index is 0.181. The number of nitrogens with zero attached hydrogens (tertiary/aromatic N) is 1. The number of rotatable bonds is 3. The van der Waals surface area contributed by atoms with Gasteiger partial charge in [0, 0.05) is 22.9 Å². The molecule has 0 aliphatic heterocycles. The molecular weight excluding hydrogens is 365 g/mol. The van der Waals surface area contributed by atoms with Crippen molar-refractivity contribution in [2.24, 2.45) is 5.14 Å². The number of primary sulfonamides is 1. The maximum atomic E-state index is 14.5. The zero-order valence-electron chi connectivity index (χ0n) is 13.5. The Morgan fingerprint density at radius 2 is 1.65 bits per heavy atom. The van der Waals surface area contributed by atoms with E-state index < -0.39 is 32.4 Å². The Balaban J connectivity index is 2.23. The molecule has 26 heavy (non-hydrogen) atoms. The molecule has 8 heteroatoms. The maximum absolute atomic E-state index is 14.5. The van der Waals surface area contributed by atoms with Crippen LogP contribution in [0.15, 0.2) is 53.6 Å². The lowest BCUT2D eigenvalue weighted by Crippen LogP contribution is -2.14. The third-order valence-corrected chi connectivity index (χ3v) is 4.78. The highest BCUT2D eigenvalue weighted by Crippen LogP contribution is 2.34. The van der Waals surface area contributed by atoms with Crippen molar-refractivity contribution in [3.8, 4) is 22.4 Å². The van der Waals surface area contributed by atoms with Gasteiger partial charge >= 0.3 is 0 Å². The zero-order valence-corrected chi connectivity index (χ0v) is 14.3. The molecule has 1 aromatic heterocycles. The Morgan fingerprint density at radius 3 is 2.31 bits per heavy atom. The van der Waals surface area contributed by atoms with Gasteiger partial charge in [0.1, 0.15) is 22.3 Å². The summed E-state index contributed by atoms with van der Waals surface area (Å²) in [5.41, 5.74) is 1.23. The van der Waals surface area contributed by atoms with Gasteiger partial charge in [-0.05, 0) is 48.9 Å². The number of aryl methyl sites for hydroxylation is 1. The number of hydrogen-bond acceptors (Lipinski definition) is 3. The van der Waals surface area contributed by atoms with Crippen LogP contribution in [0, 0.1) is 24.4 Å². The van der Waals surface area contributed by atoms with Crippen molar-refractivity contribution >= 4 is 10.0 Å². The number of benzene rings is 2. The van der Waals surface area contributed by atoms with Gasteiger partial charge in [0.05, 0.1) is 5.69 Å². The van der Waals surface area contributed by atoms with E-state index in [1.54, 1.807) is 6.92 Å². The van der Waals surface area contributed by atoms with Crippen LogP contribution in [0.5, 0.6) is 0 Å². The molecule has 0 aliphatic rings. The van der Waals surface area contributed by atoms with Crippen molar-refractivity contribution in [1.29, 1.82) is 0 Å². The molecule has 0 saturated heterocycles. The lowest BCUT2D eigenvalue weighted by atomic mass is 9.98. The predicted octanol–water partition coefficient (Wildman–Crippen LogP) is 3.79. The second-order valence-corrected chi connectivity index (χ2v) is 7.20. The Labute approximate surface area is 148 Å². The normalized spacial score (nSPS) is 11.6. The maximum Gasteiger partial charge on any atom is 0.241 e. The van der Waals surface area contributed by atoms with Gasteiger partial charge in [0.15, 0.2) is 0 Å². The first kappa shape index (κ1) is 18.1. The van der Waals surface area contributed by atoms with Gasteiger partial charge in [-0.25, -0.2) is 26.7 Å². The summed E-state index contributed by atoms with van der Waals surface area (Å²) in [4.78, 5) is 3.25. The standard InChI is InChI=1S/C18H13F3N2O2S/c1-10-7-11(4-5-14(10)19)18-12(3-2-6-23-18)13-8-16(21)17(9-15(13)20)26(22,24)25/h2-9H,1H3,(H2,22,24,25). The Bertz CT molecular complexity index is 1120. The molecule has 3 aromatic rings. The average molecular weight is 378 g/mol. The van der Waals surface area contributed by atoms with Crippen molar-refractivity contribution in [2.75, 3.05) is 0 Å². The Morgan fingerprint density at radius 1 is 0.923 bits per heavy atom. The second-order valence-electron chi connectivity index (χ2n) is 5.67. The van der Waals surface area contributed by atoms with Crippen LogP contribution in [0.3, 0.4) is 0 Å². The largest absolute Gasteiger partial charge is 0.256 e. The molecule has 0 unspecified atom stereocenters. The molecule has 134 valence electrons. The fourth-order valence-electron chi connectivity index (χ4n) is 2.60. The van der Waals surface area contributed by atoms with Gasteiger partial charge in [-0.15, -0.1) is 0 Å². The molecule has 2 aromatic carbocycles. The monoisotopic (exact) mass is 378 g/mol. The highest BCUT2D eigenvalue weighted by atomic mass is 32.2. The van der Waals surface area contributed by atoms with Crippen molar-refractivity contribution in [2.45, 2.75) is 11.8 Å². The van der Waals surface area contributed by atoms with Crippen molar-refractivity contribution in [1.82, 2.24) is 4.98 Å². The molecule has 4 nitrogen and oxygen atoms in total. The van der Waals surface area contributed by atoms with E-state index in [9.17, 15) is 21.6 Å². The summed E-state index contributed by atoms with van der Waals surface area (Å²) < 4.78 is 64.9. The molecule has 0 amide bonds. The van der Waals surface area contributed by atoms with E-state index in [0.717, 1.165) is 6.07 Å². The zero-order chi connectivity index (χ0) is 19.1. The molecule has 3 rings (SSSR count). The fraction of sp³-hybridized carbons (Fsp3) is 0.0556. The smallest absolute Gasteiger partial charge is 0.241 e. The number of hydrogen-bond donors (Lipinski definition) is 1. The fourth-order valence-corrected chi connectivity index (χ4v) is 3.20. The van der Waals surface area contributed by atoms with Crippen LogP contribution in [0.2, 0.25) is 0 Å². The van der Waals surface area contributed by atoms with Gasteiger partial charge in [0.2, 0.25) is 10.0 Å². The number of sulfonamides is 1. The third-order valence-electron chi connectivity index (χ3n) is 3.86. The summed E-state index contributed by atoms with van der Waals surface area (Å²) >= 11 is 0. The first-order chi connectivity index (χ1) is 12.2. The van der Waals surface area contributed by atoms with Crippen LogP contribution >= 0.6 is 0 Å². The number of pyridine rings is 1. The van der Waals surface area contributed by atoms with E-state index >= 15 is 0 Å². The molecule has 2 N–H and O–H groups in total. The van der Waals surface area contributed by atoms with Crippen molar-refractivity contribution in [3.63, 3.8) is 0 Å². The van der Waals surface area contributed by atoms with Gasteiger partial charge in [0.25, 0.3) is 0 Å². The first-order valence-corrected chi connectivity index (χ1v) is 8.97. The van der Waals surface area contributed by atoms with E-state index in [4.69, 9.17) is 5.14 Å². The molecule has 0 aliphatic carbocycles. The highest BCUT2D eigenvalue weighted by Gasteiger charge is 2.21. The van der Waals surface area contributed by atoms with Crippen LogP contribution < -0.4 is 5.14 Å². The predicted molar refractivity (Wildman–Crippen MR) is 91.1 cm³/mol. The van der Waals surface area contributed by atoms with Crippen LogP contribution in [0.4, 0.5) is 13.2 Å². The van der Waals surface area contributed by atoms with E-state index in [0.29, 0.717) is 22.9 Å². The molecule has 0 saturated carbocycles. The van der Waals surface area contributed by atoms with Gasteiger partial charge in [-0.1, -0.05) is 6.07 Å². The summed E-state index contributed by atoms with van der Waals surface area (Å²) in [5.74, 6) is -2.54. The van der Waals surface area contributed by atoms with Crippen LogP contribution in [0.1, 0.15) is 5.56 Å². The molecule has 0 atom stereocenters. The number of halogens is 3. The summed E-state index contributed by atoms with van der Waals surface area (Å²) in [7, 11) is -4.40. The van der Waals surface area contributed by atoms with Gasteiger partial charge in [-0.2, -0.15) is 0 Å². The molecule has 0 fully saturated rings. The van der Waals surface area contributed by atoms with E-state index in [-0.39, 0.29) is 11.1 Å². The Kier molecular flexibility index (Phi) is 4.55. The molecule has 1 heterocycles. The lowest BCUT2D eigenvalue weighted by Gasteiger charge is -2.12. The van der Waals surface area contributed by atoms with Crippen LogP contribution in [-0.4, -0.2) is 13.4 Å². The van der Waals surface area contributed by atoms with Gasteiger partial charge in [-0.3, -0.25) is 4.98 Å². The molecule has 0 bridgehead atoms. The molecular formula is C18H13F3N2O2S. The first-order valence-electron chi connectivity index (χ1n) is 7.42. The topological polar surface area (TPSA) is 73.0 Å². The minimum Gasteiger partial charge on any atom is -0.256 e. The van der Waals surface area contributed by atoms with Crippen molar-refractivity contribution in [3.05, 3.63) is 71.7 Å². The summed E-state index contributed by atoms with van der Waals surface area (Å²) in [5, 5.41) is 4.88. The van der Waals surface area contributed by atoms with Crippen molar-refractivity contribution < 1.29 is 21.6 Å². The molecule has 0 radical (unpaired) electrons. The lowest BCUT2D eigenvalue weighted by molar-refractivity contribution is 0.555. The SMILES string of the molecule is Cc1cc(-c2ncccc2-c2cc(F)c(S(N)(=O)=O)cc2F)ccc1F. The summed E-state index contributed by atoms with van der Waals surface area (Å²) in [6, 6.07) is 8.59. The third kappa shape index (κ3) is 3.33. The number of nitrogens with two attached hydrogens (primary N) is 1. The quantitative estimate of drug-likeness (QED) is 0.754. The summed E-state index contributed by atoms with van der Waals surface area (Å²) in [6.07, 6.45) is 1.46. The molecule has 0 spiro atoms. The van der Waals surface area contributed by atoms with E-state index in [1.807, 2.05) is 0 Å². The highest BCUT2D eigenvalue weighted by molar-refractivity contribution is 7.89. The van der Waals surface area contributed by atoms with E-state index in [2.05, 4.69) is 4.98 Å². The van der Waals surface area contributed by atoms with Gasteiger partial charge < -0.3 is 0 Å².